The molecule has 0 amide bonds. The van der Waals surface area contributed by atoms with Gasteiger partial charge in [0.25, 0.3) is 0 Å². The van der Waals surface area contributed by atoms with E-state index in [0.29, 0.717) is 0 Å². The summed E-state index contributed by atoms with van der Waals surface area (Å²) in [5.41, 5.74) is 7.07. The molecule has 3 heteroatoms. The Morgan fingerprint density at radius 1 is 1.05 bits per heavy atom. The SMILES string of the molecule is CCC(N)c1ccc(-c2ccc3cc(Br)ccc3c2)o1. The summed E-state index contributed by atoms with van der Waals surface area (Å²) >= 11 is 3.49. The van der Waals surface area contributed by atoms with Crippen molar-refractivity contribution in [2.45, 2.75) is 19.4 Å². The highest BCUT2D eigenvalue weighted by Gasteiger charge is 2.10. The molecular formula is C17H16BrNO. The molecular weight excluding hydrogens is 314 g/mol. The largest absolute Gasteiger partial charge is 0.459 e. The van der Waals surface area contributed by atoms with Gasteiger partial charge in [0.15, 0.2) is 0 Å². The molecule has 1 heterocycles. The van der Waals surface area contributed by atoms with Crippen molar-refractivity contribution in [3.63, 3.8) is 0 Å². The number of rotatable bonds is 3. The Labute approximate surface area is 126 Å². The van der Waals surface area contributed by atoms with Gasteiger partial charge in [0.2, 0.25) is 0 Å². The summed E-state index contributed by atoms with van der Waals surface area (Å²) in [5, 5.41) is 2.41. The van der Waals surface area contributed by atoms with E-state index < -0.39 is 0 Å². The average molecular weight is 330 g/mol. The van der Waals surface area contributed by atoms with Crippen molar-refractivity contribution in [3.05, 3.63) is 58.8 Å². The fourth-order valence-corrected chi connectivity index (χ4v) is 2.66. The zero-order chi connectivity index (χ0) is 14.1. The Morgan fingerprint density at radius 3 is 2.60 bits per heavy atom. The molecule has 2 N–H and O–H groups in total. The normalized spacial score (nSPS) is 12.8. The molecule has 102 valence electrons. The lowest BCUT2D eigenvalue weighted by Crippen LogP contribution is -2.06. The lowest BCUT2D eigenvalue weighted by atomic mass is 10.1. The summed E-state index contributed by atoms with van der Waals surface area (Å²) in [4.78, 5) is 0. The Morgan fingerprint density at radius 2 is 1.80 bits per heavy atom. The summed E-state index contributed by atoms with van der Waals surface area (Å²) in [6, 6.07) is 16.5. The Hall–Kier alpha value is -1.58. The molecule has 1 aromatic heterocycles. The minimum Gasteiger partial charge on any atom is -0.459 e. The van der Waals surface area contributed by atoms with Crippen LogP contribution in [-0.4, -0.2) is 0 Å². The van der Waals surface area contributed by atoms with Crippen LogP contribution in [0, 0.1) is 0 Å². The number of hydrogen-bond acceptors (Lipinski definition) is 2. The van der Waals surface area contributed by atoms with Crippen molar-refractivity contribution in [2.75, 3.05) is 0 Å². The van der Waals surface area contributed by atoms with E-state index >= 15 is 0 Å². The number of fused-ring (bicyclic) bond motifs is 1. The van der Waals surface area contributed by atoms with Gasteiger partial charge in [-0.3, -0.25) is 0 Å². The highest BCUT2D eigenvalue weighted by molar-refractivity contribution is 9.10. The first-order valence-corrected chi connectivity index (χ1v) is 7.51. The second-order valence-electron chi connectivity index (χ2n) is 4.92. The fourth-order valence-electron chi connectivity index (χ4n) is 2.28. The van der Waals surface area contributed by atoms with Crippen molar-refractivity contribution >= 4 is 26.7 Å². The molecule has 0 saturated heterocycles. The first kappa shape index (κ1) is 13.4. The van der Waals surface area contributed by atoms with Gasteiger partial charge in [-0.15, -0.1) is 0 Å². The first-order valence-electron chi connectivity index (χ1n) is 6.72. The molecule has 0 bridgehead atoms. The molecule has 0 aliphatic carbocycles. The van der Waals surface area contributed by atoms with Gasteiger partial charge in [-0.05, 0) is 47.5 Å². The van der Waals surface area contributed by atoms with Gasteiger partial charge >= 0.3 is 0 Å². The molecule has 2 aromatic carbocycles. The zero-order valence-corrected chi connectivity index (χ0v) is 12.9. The van der Waals surface area contributed by atoms with Gasteiger partial charge < -0.3 is 10.2 Å². The topological polar surface area (TPSA) is 39.2 Å². The van der Waals surface area contributed by atoms with E-state index in [4.69, 9.17) is 10.2 Å². The van der Waals surface area contributed by atoms with Crippen LogP contribution < -0.4 is 5.73 Å². The van der Waals surface area contributed by atoms with E-state index in [1.54, 1.807) is 0 Å². The fraction of sp³-hybridized carbons (Fsp3) is 0.176. The van der Waals surface area contributed by atoms with Crippen LogP contribution in [0.1, 0.15) is 25.1 Å². The Kier molecular flexibility index (Phi) is 3.64. The highest BCUT2D eigenvalue weighted by Crippen LogP contribution is 2.29. The standard InChI is InChI=1S/C17H16BrNO/c1-2-15(19)17-8-7-16(20-17)13-4-3-12-10-14(18)6-5-11(12)9-13/h3-10,15H,2,19H2,1H3. The van der Waals surface area contributed by atoms with Crippen LogP contribution in [0.25, 0.3) is 22.1 Å². The number of halogens is 1. The minimum atomic E-state index is -0.0276. The third-order valence-corrected chi connectivity index (χ3v) is 4.01. The quantitative estimate of drug-likeness (QED) is 0.710. The summed E-state index contributed by atoms with van der Waals surface area (Å²) in [6.07, 6.45) is 0.874. The molecule has 2 nitrogen and oxygen atoms in total. The van der Waals surface area contributed by atoms with Crippen molar-refractivity contribution in [1.82, 2.24) is 0 Å². The van der Waals surface area contributed by atoms with E-state index in [1.165, 1.54) is 10.8 Å². The van der Waals surface area contributed by atoms with Crippen molar-refractivity contribution in [3.8, 4) is 11.3 Å². The van der Waals surface area contributed by atoms with E-state index in [0.717, 1.165) is 28.0 Å². The van der Waals surface area contributed by atoms with Crippen LogP contribution in [0.4, 0.5) is 0 Å². The number of furan rings is 1. The smallest absolute Gasteiger partial charge is 0.134 e. The predicted octanol–water partition coefficient (Wildman–Crippen LogP) is 5.27. The van der Waals surface area contributed by atoms with E-state index in [9.17, 15) is 0 Å². The van der Waals surface area contributed by atoms with Crippen molar-refractivity contribution in [2.24, 2.45) is 5.73 Å². The van der Waals surface area contributed by atoms with Crippen LogP contribution >= 0.6 is 15.9 Å². The summed E-state index contributed by atoms with van der Waals surface area (Å²) in [7, 11) is 0. The maximum Gasteiger partial charge on any atom is 0.134 e. The number of nitrogens with two attached hydrogens (primary N) is 1. The van der Waals surface area contributed by atoms with Crippen LogP contribution in [0.2, 0.25) is 0 Å². The molecule has 0 fully saturated rings. The zero-order valence-electron chi connectivity index (χ0n) is 11.3. The van der Waals surface area contributed by atoms with Gasteiger partial charge in [0, 0.05) is 10.0 Å². The molecule has 0 saturated carbocycles. The second-order valence-corrected chi connectivity index (χ2v) is 5.84. The first-order chi connectivity index (χ1) is 9.67. The molecule has 0 aliphatic rings. The molecule has 3 rings (SSSR count). The maximum atomic E-state index is 5.99. The van der Waals surface area contributed by atoms with Crippen LogP contribution in [-0.2, 0) is 0 Å². The van der Waals surface area contributed by atoms with Gasteiger partial charge in [-0.25, -0.2) is 0 Å². The van der Waals surface area contributed by atoms with Crippen LogP contribution in [0.15, 0.2) is 57.4 Å². The molecule has 1 atom stereocenters. The van der Waals surface area contributed by atoms with Gasteiger partial charge in [-0.1, -0.05) is 41.1 Å². The minimum absolute atomic E-state index is 0.0276. The monoisotopic (exact) mass is 329 g/mol. The Balaban J connectivity index is 2.01. The third-order valence-electron chi connectivity index (χ3n) is 3.52. The van der Waals surface area contributed by atoms with Gasteiger partial charge in [-0.2, -0.15) is 0 Å². The number of benzene rings is 2. The Bertz CT molecular complexity index is 748. The van der Waals surface area contributed by atoms with Crippen molar-refractivity contribution in [1.29, 1.82) is 0 Å². The summed E-state index contributed by atoms with van der Waals surface area (Å²) in [6.45, 7) is 2.06. The third kappa shape index (κ3) is 2.51. The molecule has 20 heavy (non-hydrogen) atoms. The highest BCUT2D eigenvalue weighted by atomic mass is 79.9. The molecule has 3 aromatic rings. The maximum absolute atomic E-state index is 5.99. The van der Waals surface area contributed by atoms with Gasteiger partial charge in [0.1, 0.15) is 11.5 Å². The van der Waals surface area contributed by atoms with Crippen LogP contribution in [0.3, 0.4) is 0 Å². The molecule has 0 radical (unpaired) electrons. The molecule has 0 spiro atoms. The van der Waals surface area contributed by atoms with E-state index in [-0.39, 0.29) is 6.04 Å². The molecule has 0 aliphatic heterocycles. The lowest BCUT2D eigenvalue weighted by Gasteiger charge is -2.05. The van der Waals surface area contributed by atoms with E-state index in [2.05, 4.69) is 53.2 Å². The average Bonchev–Trinajstić information content (AvgIpc) is 2.95. The lowest BCUT2D eigenvalue weighted by molar-refractivity contribution is 0.470. The summed E-state index contributed by atoms with van der Waals surface area (Å²) < 4.78 is 6.95. The number of hydrogen-bond donors (Lipinski definition) is 1. The van der Waals surface area contributed by atoms with E-state index in [1.807, 2.05) is 18.2 Å². The van der Waals surface area contributed by atoms with Crippen LogP contribution in [0.5, 0.6) is 0 Å². The molecule has 1 unspecified atom stereocenters. The predicted molar refractivity (Wildman–Crippen MR) is 86.6 cm³/mol. The van der Waals surface area contributed by atoms with Gasteiger partial charge in [0.05, 0.1) is 6.04 Å². The second kappa shape index (κ2) is 5.43. The van der Waals surface area contributed by atoms with Crippen molar-refractivity contribution < 1.29 is 4.42 Å². The summed E-state index contributed by atoms with van der Waals surface area (Å²) in [5.74, 6) is 1.71.